The van der Waals surface area contributed by atoms with E-state index in [1.807, 2.05) is 12.5 Å². The molecule has 13 heavy (non-hydrogen) atoms. The second kappa shape index (κ2) is 4.45. The van der Waals surface area contributed by atoms with Gasteiger partial charge in [-0.15, -0.1) is 0 Å². The Morgan fingerprint density at radius 3 is 2.62 bits per heavy atom. The summed E-state index contributed by atoms with van der Waals surface area (Å²) in [6.45, 7) is 6.82. The Labute approximate surface area is 81.0 Å². The van der Waals surface area contributed by atoms with E-state index in [1.165, 1.54) is 25.7 Å². The first-order valence-electron chi connectivity index (χ1n) is 5.21. The van der Waals surface area contributed by atoms with Crippen LogP contribution in [0.15, 0.2) is 18.7 Å². The maximum Gasteiger partial charge on any atom is 0.241 e. The first-order valence-corrected chi connectivity index (χ1v) is 5.21. The highest BCUT2D eigenvalue weighted by atomic mass is 15.1. The van der Waals surface area contributed by atoms with Crippen molar-refractivity contribution < 1.29 is 4.57 Å². The van der Waals surface area contributed by atoms with Crippen molar-refractivity contribution in [1.82, 2.24) is 4.98 Å². The lowest BCUT2D eigenvalue weighted by Gasteiger charge is -2.20. The van der Waals surface area contributed by atoms with Crippen LogP contribution < -0.4 is 4.57 Å². The number of hydrogen-bond acceptors (Lipinski definition) is 0. The molecule has 0 aromatic carbocycles. The fraction of sp³-hybridized carbons (Fsp3) is 0.727. The molecule has 74 valence electrons. The van der Waals surface area contributed by atoms with Gasteiger partial charge in [-0.25, -0.2) is 4.57 Å². The molecular weight excluding hydrogens is 160 g/mol. The standard InChI is InChI=1S/C11H20N2/c1-4-5-6-7-11(2,3)13-9-8-12-10-13/h8-10H,4-7H2,1-3H3/p+1. The van der Waals surface area contributed by atoms with E-state index < -0.39 is 0 Å². The third-order valence-corrected chi connectivity index (χ3v) is 2.64. The number of hydrogen-bond donors (Lipinski definition) is 1. The molecule has 0 saturated carbocycles. The van der Waals surface area contributed by atoms with Crippen LogP contribution in [-0.4, -0.2) is 4.98 Å². The largest absolute Gasteiger partial charge is 0.250 e. The van der Waals surface area contributed by atoms with Gasteiger partial charge in [0.2, 0.25) is 6.33 Å². The van der Waals surface area contributed by atoms with Crippen molar-refractivity contribution in [2.24, 2.45) is 0 Å². The molecule has 2 nitrogen and oxygen atoms in total. The third kappa shape index (κ3) is 2.87. The fourth-order valence-corrected chi connectivity index (χ4v) is 1.60. The number of aromatic amines is 1. The summed E-state index contributed by atoms with van der Waals surface area (Å²) in [6, 6.07) is 0. The van der Waals surface area contributed by atoms with Crippen molar-refractivity contribution in [1.29, 1.82) is 0 Å². The van der Waals surface area contributed by atoms with E-state index in [0.29, 0.717) is 0 Å². The van der Waals surface area contributed by atoms with Gasteiger partial charge >= 0.3 is 0 Å². The molecule has 1 aromatic heterocycles. The van der Waals surface area contributed by atoms with Crippen molar-refractivity contribution in [3.05, 3.63) is 18.7 Å². The Morgan fingerprint density at radius 2 is 2.08 bits per heavy atom. The third-order valence-electron chi connectivity index (χ3n) is 2.64. The Bertz CT molecular complexity index is 224. The molecule has 0 fully saturated rings. The normalized spacial score (nSPS) is 11.9. The predicted octanol–water partition coefficient (Wildman–Crippen LogP) is 2.62. The molecule has 0 unspecified atom stereocenters. The molecule has 0 aliphatic heterocycles. The number of nitrogens with zero attached hydrogens (tertiary/aromatic N) is 1. The molecule has 0 amide bonds. The summed E-state index contributed by atoms with van der Waals surface area (Å²) in [4.78, 5) is 3.09. The zero-order valence-electron chi connectivity index (χ0n) is 9.01. The van der Waals surface area contributed by atoms with Gasteiger partial charge in [0.25, 0.3) is 0 Å². The number of imidazole rings is 1. The Hall–Kier alpha value is -0.790. The van der Waals surface area contributed by atoms with E-state index in [9.17, 15) is 0 Å². The first-order chi connectivity index (χ1) is 6.17. The number of rotatable bonds is 5. The minimum absolute atomic E-state index is 0.259. The first kappa shape index (κ1) is 10.3. The van der Waals surface area contributed by atoms with Crippen molar-refractivity contribution in [2.45, 2.75) is 52.0 Å². The summed E-state index contributed by atoms with van der Waals surface area (Å²) in [5, 5.41) is 0. The van der Waals surface area contributed by atoms with E-state index in [2.05, 4.69) is 36.5 Å². The molecule has 1 rings (SSSR count). The zero-order valence-corrected chi connectivity index (χ0v) is 9.01. The lowest BCUT2D eigenvalue weighted by Crippen LogP contribution is -2.50. The van der Waals surface area contributed by atoms with Gasteiger partial charge in [0.15, 0.2) is 0 Å². The molecule has 2 heteroatoms. The second-order valence-electron chi connectivity index (χ2n) is 4.29. The van der Waals surface area contributed by atoms with Gasteiger partial charge in [0, 0.05) is 0 Å². The summed E-state index contributed by atoms with van der Waals surface area (Å²) in [7, 11) is 0. The van der Waals surface area contributed by atoms with Gasteiger partial charge in [-0.3, -0.25) is 4.98 Å². The summed E-state index contributed by atoms with van der Waals surface area (Å²) in [5.41, 5.74) is 0.259. The van der Waals surface area contributed by atoms with Gasteiger partial charge in [-0.05, 0) is 26.7 Å². The minimum atomic E-state index is 0.259. The molecule has 0 atom stereocenters. The highest BCUT2D eigenvalue weighted by molar-refractivity contribution is 4.65. The Balaban J connectivity index is 2.46. The Kier molecular flexibility index (Phi) is 3.52. The van der Waals surface area contributed by atoms with E-state index in [1.54, 1.807) is 0 Å². The van der Waals surface area contributed by atoms with Crippen molar-refractivity contribution >= 4 is 0 Å². The van der Waals surface area contributed by atoms with Crippen LogP contribution in [0.4, 0.5) is 0 Å². The molecular formula is C11H21N2+. The molecule has 0 aliphatic carbocycles. The van der Waals surface area contributed by atoms with Gasteiger partial charge in [-0.1, -0.05) is 19.8 Å². The van der Waals surface area contributed by atoms with Gasteiger partial charge < -0.3 is 0 Å². The molecule has 0 bridgehead atoms. The lowest BCUT2D eigenvalue weighted by molar-refractivity contribution is -0.757. The summed E-state index contributed by atoms with van der Waals surface area (Å²) >= 11 is 0. The molecule has 0 saturated heterocycles. The van der Waals surface area contributed by atoms with Crippen LogP contribution >= 0.6 is 0 Å². The van der Waals surface area contributed by atoms with Crippen molar-refractivity contribution in [3.8, 4) is 0 Å². The molecule has 1 N–H and O–H groups in total. The smallest absolute Gasteiger partial charge is 0.241 e. The van der Waals surface area contributed by atoms with E-state index >= 15 is 0 Å². The SMILES string of the molecule is CCCCCC(C)(C)[n+]1cc[nH]c1. The molecule has 0 radical (unpaired) electrons. The van der Waals surface area contributed by atoms with E-state index in [0.717, 1.165) is 0 Å². The van der Waals surface area contributed by atoms with Crippen LogP contribution in [0, 0.1) is 0 Å². The molecule has 0 aliphatic rings. The van der Waals surface area contributed by atoms with Crippen LogP contribution in [0.5, 0.6) is 0 Å². The predicted molar refractivity (Wildman–Crippen MR) is 54.5 cm³/mol. The van der Waals surface area contributed by atoms with Crippen LogP contribution in [0.2, 0.25) is 0 Å². The molecule has 1 aromatic rings. The van der Waals surface area contributed by atoms with E-state index in [4.69, 9.17) is 0 Å². The van der Waals surface area contributed by atoms with Crippen LogP contribution in [0.1, 0.15) is 46.5 Å². The van der Waals surface area contributed by atoms with Gasteiger partial charge in [0.05, 0.1) is 0 Å². The molecule has 0 spiro atoms. The number of H-pyrrole nitrogens is 1. The topological polar surface area (TPSA) is 19.7 Å². The van der Waals surface area contributed by atoms with Gasteiger partial charge in [-0.2, -0.15) is 0 Å². The highest BCUT2D eigenvalue weighted by Gasteiger charge is 2.23. The van der Waals surface area contributed by atoms with Crippen LogP contribution in [0.25, 0.3) is 0 Å². The average molecular weight is 181 g/mol. The lowest BCUT2D eigenvalue weighted by atomic mass is 9.96. The van der Waals surface area contributed by atoms with E-state index in [-0.39, 0.29) is 5.54 Å². The van der Waals surface area contributed by atoms with Crippen molar-refractivity contribution in [3.63, 3.8) is 0 Å². The summed E-state index contributed by atoms with van der Waals surface area (Å²) in [6.07, 6.45) is 11.3. The molecule has 1 heterocycles. The second-order valence-corrected chi connectivity index (χ2v) is 4.29. The monoisotopic (exact) mass is 181 g/mol. The van der Waals surface area contributed by atoms with Crippen LogP contribution in [-0.2, 0) is 5.54 Å². The minimum Gasteiger partial charge on any atom is -0.250 e. The fourth-order valence-electron chi connectivity index (χ4n) is 1.60. The number of aromatic nitrogens is 2. The summed E-state index contributed by atoms with van der Waals surface area (Å²) in [5.74, 6) is 0. The number of unbranched alkanes of at least 4 members (excludes halogenated alkanes) is 2. The van der Waals surface area contributed by atoms with Gasteiger partial charge in [0.1, 0.15) is 17.9 Å². The maximum absolute atomic E-state index is 3.09. The quantitative estimate of drug-likeness (QED) is 0.532. The highest BCUT2D eigenvalue weighted by Crippen LogP contribution is 2.15. The maximum atomic E-state index is 3.09. The zero-order chi connectivity index (χ0) is 9.73. The van der Waals surface area contributed by atoms with Crippen molar-refractivity contribution in [2.75, 3.05) is 0 Å². The Morgan fingerprint density at radius 1 is 1.31 bits per heavy atom. The van der Waals surface area contributed by atoms with Crippen LogP contribution in [0.3, 0.4) is 0 Å². The summed E-state index contributed by atoms with van der Waals surface area (Å²) < 4.78 is 2.25. The number of nitrogens with one attached hydrogen (secondary N) is 1. The average Bonchev–Trinajstić information content (AvgIpc) is 2.56.